The van der Waals surface area contributed by atoms with Gasteiger partial charge in [-0.05, 0) is 61.0 Å². The number of anilines is 2. The molecule has 2 atom stereocenters. The highest BCUT2D eigenvalue weighted by atomic mass is 19.1. The predicted molar refractivity (Wildman–Crippen MR) is 132 cm³/mol. The molecule has 2 aliphatic rings. The third-order valence-corrected chi connectivity index (χ3v) is 7.51. The van der Waals surface area contributed by atoms with Gasteiger partial charge in [0.05, 0.1) is 5.92 Å². The molecule has 8 heteroatoms. The van der Waals surface area contributed by atoms with Crippen molar-refractivity contribution in [1.82, 2.24) is 4.90 Å². The summed E-state index contributed by atoms with van der Waals surface area (Å²) in [4.78, 5) is 17.3. The average Bonchev–Trinajstić information content (AvgIpc) is 3.21. The molecule has 0 saturated carbocycles. The molecule has 2 saturated heterocycles. The van der Waals surface area contributed by atoms with Gasteiger partial charge >= 0.3 is 0 Å². The standard InChI is InChI=1S/C28H28F3N3O2/c1-18(19-2-8-26(35)9-3-19)27(36)33-14-20(13-32-24-6-4-21(29)5-7-24)28(15-33)16-34(17-28)25-11-22(30)10-23(31)12-25/h2-12,18,20,32,35H,13-17H2,1H3/t18-,20?/m1/s1. The summed E-state index contributed by atoms with van der Waals surface area (Å²) in [6.07, 6.45) is 0. The molecule has 188 valence electrons. The minimum absolute atomic E-state index is 0.000373. The molecule has 2 aliphatic heterocycles. The number of nitrogens with one attached hydrogen (secondary N) is 1. The third kappa shape index (κ3) is 4.72. The number of carbonyl (C=O) groups is 1. The Bertz CT molecular complexity index is 1220. The van der Waals surface area contributed by atoms with E-state index >= 15 is 0 Å². The topological polar surface area (TPSA) is 55.8 Å². The first-order chi connectivity index (χ1) is 17.2. The number of nitrogens with zero attached hydrogens (tertiary/aromatic N) is 2. The van der Waals surface area contributed by atoms with E-state index in [4.69, 9.17) is 0 Å². The Hall–Kier alpha value is -3.68. The molecule has 5 rings (SSSR count). The summed E-state index contributed by atoms with van der Waals surface area (Å²) in [6.45, 7) is 4.66. The summed E-state index contributed by atoms with van der Waals surface area (Å²) in [5, 5.41) is 12.9. The van der Waals surface area contributed by atoms with Crippen molar-refractivity contribution in [3.05, 3.63) is 89.7 Å². The number of rotatable bonds is 6. The largest absolute Gasteiger partial charge is 0.508 e. The van der Waals surface area contributed by atoms with Gasteiger partial charge in [-0.15, -0.1) is 0 Å². The summed E-state index contributed by atoms with van der Waals surface area (Å²) in [5.41, 5.74) is 1.87. The number of halogens is 3. The molecule has 2 heterocycles. The van der Waals surface area contributed by atoms with Gasteiger partial charge in [0.15, 0.2) is 0 Å². The summed E-state index contributed by atoms with van der Waals surface area (Å²) in [6, 6.07) is 16.3. The van der Waals surface area contributed by atoms with Crippen LogP contribution in [0.5, 0.6) is 5.75 Å². The van der Waals surface area contributed by atoms with Crippen LogP contribution < -0.4 is 10.2 Å². The molecule has 3 aromatic carbocycles. The van der Waals surface area contributed by atoms with Gasteiger partial charge in [0.1, 0.15) is 23.2 Å². The smallest absolute Gasteiger partial charge is 0.229 e. The Morgan fingerprint density at radius 2 is 1.61 bits per heavy atom. The second kappa shape index (κ2) is 9.41. The van der Waals surface area contributed by atoms with E-state index in [0.717, 1.165) is 17.3 Å². The molecule has 1 amide bonds. The van der Waals surface area contributed by atoms with Crippen molar-refractivity contribution in [1.29, 1.82) is 0 Å². The molecule has 5 nitrogen and oxygen atoms in total. The highest BCUT2D eigenvalue weighted by Gasteiger charge is 2.55. The summed E-state index contributed by atoms with van der Waals surface area (Å²) in [5.74, 6) is -1.69. The van der Waals surface area contributed by atoms with Crippen molar-refractivity contribution in [3.8, 4) is 5.75 Å². The Kier molecular flexibility index (Phi) is 6.28. The second-order valence-electron chi connectivity index (χ2n) is 9.96. The first kappa shape index (κ1) is 24.0. The fraction of sp³-hybridized carbons (Fsp3) is 0.321. The Labute approximate surface area is 208 Å². The number of hydrogen-bond donors (Lipinski definition) is 2. The van der Waals surface area contributed by atoms with E-state index in [9.17, 15) is 23.1 Å². The molecular weight excluding hydrogens is 467 g/mol. The van der Waals surface area contributed by atoms with Gasteiger partial charge in [-0.2, -0.15) is 0 Å². The van der Waals surface area contributed by atoms with Crippen LogP contribution in [0.15, 0.2) is 66.7 Å². The Balaban J connectivity index is 1.33. The molecular formula is C28H28F3N3O2. The lowest BCUT2D eigenvalue weighted by Gasteiger charge is -2.52. The highest BCUT2D eigenvalue weighted by molar-refractivity contribution is 5.84. The van der Waals surface area contributed by atoms with E-state index in [1.807, 2.05) is 16.7 Å². The minimum atomic E-state index is -0.619. The zero-order chi connectivity index (χ0) is 25.4. The van der Waals surface area contributed by atoms with Crippen LogP contribution in [0.1, 0.15) is 18.4 Å². The van der Waals surface area contributed by atoms with E-state index < -0.39 is 11.6 Å². The Morgan fingerprint density at radius 1 is 0.972 bits per heavy atom. The van der Waals surface area contributed by atoms with Gasteiger partial charge < -0.3 is 20.2 Å². The highest BCUT2D eigenvalue weighted by Crippen LogP contribution is 2.46. The van der Waals surface area contributed by atoms with Crippen LogP contribution >= 0.6 is 0 Å². The monoisotopic (exact) mass is 495 g/mol. The summed E-state index contributed by atoms with van der Waals surface area (Å²) in [7, 11) is 0. The van der Waals surface area contributed by atoms with E-state index in [1.165, 1.54) is 24.3 Å². The lowest BCUT2D eigenvalue weighted by Crippen LogP contribution is -2.61. The molecule has 2 fully saturated rings. The van der Waals surface area contributed by atoms with Gasteiger partial charge in [-0.3, -0.25) is 4.79 Å². The quantitative estimate of drug-likeness (QED) is 0.506. The first-order valence-corrected chi connectivity index (χ1v) is 12.0. The molecule has 36 heavy (non-hydrogen) atoms. The van der Waals surface area contributed by atoms with Crippen LogP contribution in [0.25, 0.3) is 0 Å². The average molecular weight is 496 g/mol. The van der Waals surface area contributed by atoms with Crippen LogP contribution in [0.4, 0.5) is 24.5 Å². The second-order valence-corrected chi connectivity index (χ2v) is 9.96. The van der Waals surface area contributed by atoms with E-state index in [2.05, 4.69) is 5.32 Å². The van der Waals surface area contributed by atoms with Crippen LogP contribution in [-0.4, -0.2) is 48.6 Å². The molecule has 1 spiro atoms. The van der Waals surface area contributed by atoms with Crippen LogP contribution in [0.2, 0.25) is 0 Å². The summed E-state index contributed by atoms with van der Waals surface area (Å²) >= 11 is 0. The molecule has 0 radical (unpaired) electrons. The maximum Gasteiger partial charge on any atom is 0.229 e. The van der Waals surface area contributed by atoms with Crippen molar-refractivity contribution in [2.45, 2.75) is 12.8 Å². The number of hydrogen-bond acceptors (Lipinski definition) is 4. The molecule has 1 unspecified atom stereocenters. The number of amides is 1. The maximum absolute atomic E-state index is 13.8. The van der Waals surface area contributed by atoms with Crippen LogP contribution in [0, 0.1) is 28.8 Å². The lowest BCUT2D eigenvalue weighted by molar-refractivity contribution is -0.131. The normalized spacial score (nSPS) is 19.3. The van der Waals surface area contributed by atoms with Crippen molar-refractivity contribution in [2.24, 2.45) is 11.3 Å². The number of benzene rings is 3. The Morgan fingerprint density at radius 3 is 2.25 bits per heavy atom. The number of aromatic hydroxyl groups is 1. The van der Waals surface area contributed by atoms with Crippen molar-refractivity contribution in [3.63, 3.8) is 0 Å². The molecule has 2 N–H and O–H groups in total. The van der Waals surface area contributed by atoms with Gasteiger partial charge in [-0.25, -0.2) is 13.2 Å². The van der Waals surface area contributed by atoms with Crippen molar-refractivity contribution < 1.29 is 23.1 Å². The SMILES string of the molecule is C[C@@H](C(=O)N1CC(CNc2ccc(F)cc2)C2(C1)CN(c1cc(F)cc(F)c1)C2)c1ccc(O)cc1. The van der Waals surface area contributed by atoms with Gasteiger partial charge in [0, 0.05) is 61.5 Å². The van der Waals surface area contributed by atoms with E-state index in [0.29, 0.717) is 38.4 Å². The van der Waals surface area contributed by atoms with Crippen LogP contribution in [0.3, 0.4) is 0 Å². The number of phenolic OH excluding ortho intramolecular Hbond substituents is 1. The molecule has 3 aromatic rings. The molecule has 0 aliphatic carbocycles. The number of phenols is 1. The summed E-state index contributed by atoms with van der Waals surface area (Å²) < 4.78 is 40.9. The first-order valence-electron chi connectivity index (χ1n) is 12.0. The van der Waals surface area contributed by atoms with Crippen LogP contribution in [-0.2, 0) is 4.79 Å². The zero-order valence-electron chi connectivity index (χ0n) is 19.9. The van der Waals surface area contributed by atoms with Gasteiger partial charge in [0.25, 0.3) is 0 Å². The lowest BCUT2D eigenvalue weighted by atomic mass is 9.71. The van der Waals surface area contributed by atoms with E-state index in [1.54, 1.807) is 36.4 Å². The zero-order valence-corrected chi connectivity index (χ0v) is 19.9. The van der Waals surface area contributed by atoms with Gasteiger partial charge in [-0.1, -0.05) is 12.1 Å². The molecule has 0 bridgehead atoms. The number of likely N-dealkylation sites (tertiary alicyclic amines) is 1. The minimum Gasteiger partial charge on any atom is -0.508 e. The third-order valence-electron chi connectivity index (χ3n) is 7.51. The predicted octanol–water partition coefficient (Wildman–Crippen LogP) is 4.99. The molecule has 0 aromatic heterocycles. The van der Waals surface area contributed by atoms with E-state index in [-0.39, 0.29) is 34.7 Å². The number of carbonyl (C=O) groups excluding carboxylic acids is 1. The fourth-order valence-electron chi connectivity index (χ4n) is 5.45. The fourth-order valence-corrected chi connectivity index (χ4v) is 5.45. The van der Waals surface area contributed by atoms with Crippen molar-refractivity contribution in [2.75, 3.05) is 42.9 Å². The van der Waals surface area contributed by atoms with Gasteiger partial charge in [0.2, 0.25) is 5.91 Å². The maximum atomic E-state index is 13.8. The van der Waals surface area contributed by atoms with Crippen molar-refractivity contribution >= 4 is 17.3 Å².